The van der Waals surface area contributed by atoms with Crippen molar-refractivity contribution in [3.63, 3.8) is 0 Å². The van der Waals surface area contributed by atoms with Crippen LogP contribution in [0, 0.1) is 0 Å². The van der Waals surface area contributed by atoms with Crippen LogP contribution >= 0.6 is 0 Å². The number of fused-ring (bicyclic) bond motifs is 6. The molecule has 2 aromatic heterocycles. The van der Waals surface area contributed by atoms with Gasteiger partial charge in [-0.05, 0) is 18.2 Å². The minimum absolute atomic E-state index is 0.275. The first kappa shape index (κ1) is 29.8. The third-order valence-electron chi connectivity index (χ3n) is 10.00. The van der Waals surface area contributed by atoms with Gasteiger partial charge in [-0.2, -0.15) is 0 Å². The molecule has 0 unspecified atom stereocenters. The Hall–Kier alpha value is -6.12. The summed E-state index contributed by atoms with van der Waals surface area (Å²) < 4.78 is 5.28. The Balaban J connectivity index is 1.12. The van der Waals surface area contributed by atoms with E-state index in [0.717, 1.165) is 11.4 Å². The van der Waals surface area contributed by atoms with Crippen LogP contribution in [-0.4, -0.2) is 19.1 Å². The van der Waals surface area contributed by atoms with E-state index >= 15 is 0 Å². The summed E-state index contributed by atoms with van der Waals surface area (Å²) in [5, 5.41) is 5.27. The van der Waals surface area contributed by atoms with E-state index in [9.17, 15) is 0 Å². The summed E-state index contributed by atoms with van der Waals surface area (Å²) in [5.74, 6) is 0. The van der Waals surface area contributed by atoms with Gasteiger partial charge in [0.2, 0.25) is 0 Å². The zero-order valence-corrected chi connectivity index (χ0v) is 29.5. The third-order valence-corrected chi connectivity index (χ3v) is 12.4. The van der Waals surface area contributed by atoms with Gasteiger partial charge >= 0.3 is 233 Å². The van der Waals surface area contributed by atoms with Gasteiger partial charge in [0.05, 0.1) is 5.52 Å². The topological polar surface area (TPSA) is 8.17 Å². The summed E-state index contributed by atoms with van der Waals surface area (Å²) in [6.45, 7) is 0. The van der Waals surface area contributed by atoms with Crippen molar-refractivity contribution in [3.05, 3.63) is 194 Å². The van der Waals surface area contributed by atoms with Crippen LogP contribution in [0.2, 0.25) is 0 Å². The van der Waals surface area contributed by atoms with Gasteiger partial charge in [-0.1, -0.05) is 36.4 Å². The quantitative estimate of drug-likeness (QED) is 0.156. The van der Waals surface area contributed by atoms with Crippen molar-refractivity contribution in [2.45, 2.75) is 0 Å². The van der Waals surface area contributed by atoms with Crippen LogP contribution < -0.4 is 4.90 Å². The van der Waals surface area contributed by atoms with E-state index in [4.69, 9.17) is 0 Å². The van der Waals surface area contributed by atoms with Gasteiger partial charge in [0.1, 0.15) is 0 Å². The van der Waals surface area contributed by atoms with Crippen LogP contribution in [0.5, 0.6) is 0 Å². The van der Waals surface area contributed by atoms with Crippen molar-refractivity contribution in [1.82, 2.24) is 4.57 Å². The van der Waals surface area contributed by atoms with E-state index in [1.807, 2.05) is 0 Å². The van der Waals surface area contributed by atoms with Crippen molar-refractivity contribution in [2.24, 2.45) is 0 Å². The second-order valence-electron chi connectivity index (χ2n) is 13.0. The van der Waals surface area contributed by atoms with Crippen LogP contribution in [0.15, 0.2) is 194 Å². The van der Waals surface area contributed by atoms with Crippen LogP contribution in [-0.2, 0) is 0 Å². The molecule has 240 valence electrons. The number of anilines is 3. The van der Waals surface area contributed by atoms with Crippen LogP contribution in [0.1, 0.15) is 0 Å². The summed E-state index contributed by atoms with van der Waals surface area (Å²) in [5.41, 5.74) is 11.9. The maximum atomic E-state index is 2.43. The Morgan fingerprint density at radius 2 is 0.980 bits per heavy atom. The van der Waals surface area contributed by atoms with Gasteiger partial charge in [-0.3, -0.25) is 0 Å². The SMILES string of the molecule is c1ccc(-c2ccccc2N(c2ccc(-c3ccc4c5ccccc5n(-c5ccccc5)c4c3)cc2)c2ccc3c(c2)[se]c2ccccc23)cc1. The van der Waals surface area contributed by atoms with Crippen LogP contribution in [0.25, 0.3) is 69.0 Å². The van der Waals surface area contributed by atoms with Crippen LogP contribution in [0.3, 0.4) is 0 Å². The molecule has 0 spiro atoms. The van der Waals surface area contributed by atoms with Gasteiger partial charge in [-0.15, -0.1) is 0 Å². The Morgan fingerprint density at radius 3 is 1.82 bits per heavy atom. The van der Waals surface area contributed by atoms with Crippen molar-refractivity contribution in [3.8, 4) is 27.9 Å². The Morgan fingerprint density at radius 1 is 0.373 bits per heavy atom. The molecule has 0 saturated heterocycles. The molecule has 0 aliphatic carbocycles. The second kappa shape index (κ2) is 12.3. The number of para-hydroxylation sites is 3. The van der Waals surface area contributed by atoms with Crippen molar-refractivity contribution in [2.75, 3.05) is 4.90 Å². The zero-order chi connectivity index (χ0) is 33.7. The molecule has 0 N–H and O–H groups in total. The standard InChI is InChI=1S/C48H32N2Se/c1-3-13-34(14-4-1)39-17-7-10-20-44(39)49(38-28-30-43-42-19-9-12-22-47(42)51-48(43)32-38)37-26-23-33(24-27-37)35-25-29-41-40-18-8-11-21-45(40)50(46(41)31-35)36-15-5-2-6-16-36/h1-32H. The van der Waals surface area contributed by atoms with Crippen molar-refractivity contribution >= 4 is 72.7 Å². The number of aromatic nitrogens is 1. The van der Waals surface area contributed by atoms with E-state index in [1.165, 1.54) is 74.7 Å². The fourth-order valence-corrected chi connectivity index (χ4v) is 10.0. The molecule has 0 amide bonds. The second-order valence-corrected chi connectivity index (χ2v) is 15.2. The number of rotatable bonds is 6. The van der Waals surface area contributed by atoms with Gasteiger partial charge in [-0.25, -0.2) is 0 Å². The van der Waals surface area contributed by atoms with Crippen molar-refractivity contribution in [1.29, 1.82) is 0 Å². The fourth-order valence-electron chi connectivity index (χ4n) is 7.62. The van der Waals surface area contributed by atoms with Crippen LogP contribution in [0.4, 0.5) is 17.1 Å². The third kappa shape index (κ3) is 5.10. The number of benzene rings is 8. The Labute approximate surface area is 302 Å². The minimum atomic E-state index is 0.275. The van der Waals surface area contributed by atoms with Gasteiger partial charge in [0.15, 0.2) is 0 Å². The van der Waals surface area contributed by atoms with Gasteiger partial charge in [0, 0.05) is 11.1 Å². The average Bonchev–Trinajstić information content (AvgIpc) is 3.74. The van der Waals surface area contributed by atoms with Crippen molar-refractivity contribution < 1.29 is 0 Å². The molecule has 0 bridgehead atoms. The molecular weight excluding hydrogens is 684 g/mol. The van der Waals surface area contributed by atoms with Gasteiger partial charge in [0.25, 0.3) is 0 Å². The molecule has 0 saturated carbocycles. The maximum absolute atomic E-state index is 2.43. The molecule has 0 atom stereocenters. The van der Waals surface area contributed by atoms with E-state index in [0.29, 0.717) is 0 Å². The molecule has 10 rings (SSSR count). The van der Waals surface area contributed by atoms with Gasteiger partial charge < -0.3 is 0 Å². The average molecular weight is 716 g/mol. The normalized spacial score (nSPS) is 11.5. The molecule has 0 aliphatic heterocycles. The molecule has 0 aliphatic rings. The Kier molecular flexibility index (Phi) is 7.20. The fraction of sp³-hybridized carbons (Fsp3) is 0. The van der Waals surface area contributed by atoms with E-state index < -0.39 is 0 Å². The molecule has 0 radical (unpaired) electrons. The zero-order valence-electron chi connectivity index (χ0n) is 27.8. The molecule has 2 nitrogen and oxygen atoms in total. The molecule has 10 aromatic rings. The summed E-state index contributed by atoms with van der Waals surface area (Å²) in [6, 6.07) is 70.8. The first-order chi connectivity index (χ1) is 25.3. The molecular formula is C48H32N2Se. The van der Waals surface area contributed by atoms with E-state index in [1.54, 1.807) is 0 Å². The number of nitrogens with zero attached hydrogens (tertiary/aromatic N) is 2. The first-order valence-corrected chi connectivity index (χ1v) is 19.1. The molecule has 2 heterocycles. The summed E-state index contributed by atoms with van der Waals surface area (Å²) in [4.78, 5) is 2.43. The predicted octanol–water partition coefficient (Wildman–Crippen LogP) is 13.0. The summed E-state index contributed by atoms with van der Waals surface area (Å²) in [6.07, 6.45) is 0. The summed E-state index contributed by atoms with van der Waals surface area (Å²) >= 11 is 0.275. The number of hydrogen-bond donors (Lipinski definition) is 0. The monoisotopic (exact) mass is 716 g/mol. The summed E-state index contributed by atoms with van der Waals surface area (Å²) in [7, 11) is 0. The molecule has 3 heteroatoms. The molecule has 51 heavy (non-hydrogen) atoms. The predicted molar refractivity (Wildman–Crippen MR) is 218 cm³/mol. The number of hydrogen-bond acceptors (Lipinski definition) is 1. The first-order valence-electron chi connectivity index (χ1n) is 17.4. The molecule has 0 fully saturated rings. The molecule has 8 aromatic carbocycles. The Bertz CT molecular complexity index is 2850. The van der Waals surface area contributed by atoms with E-state index in [-0.39, 0.29) is 14.5 Å². The van der Waals surface area contributed by atoms with E-state index in [2.05, 4.69) is 204 Å².